The number of carbonyl (C=O) groups is 1. The molecule has 0 bridgehead atoms. The van der Waals surface area contributed by atoms with Crippen LogP contribution in [-0.2, 0) is 21.1 Å². The van der Waals surface area contributed by atoms with Gasteiger partial charge in [0.05, 0.1) is 18.1 Å². The van der Waals surface area contributed by atoms with E-state index < -0.39 is 9.84 Å². The van der Waals surface area contributed by atoms with Crippen LogP contribution in [0, 0.1) is 0 Å². The van der Waals surface area contributed by atoms with Crippen molar-refractivity contribution in [3.05, 3.63) is 30.1 Å². The third-order valence-electron chi connectivity index (χ3n) is 3.54. The van der Waals surface area contributed by atoms with Crippen LogP contribution in [0.25, 0.3) is 0 Å². The molecule has 0 radical (unpaired) electrons. The van der Waals surface area contributed by atoms with E-state index in [0.29, 0.717) is 6.42 Å². The van der Waals surface area contributed by atoms with Crippen molar-refractivity contribution in [3.8, 4) is 0 Å². The molecule has 7 heteroatoms. The number of nitrogens with zero attached hydrogens (tertiary/aromatic N) is 2. The van der Waals surface area contributed by atoms with Crippen LogP contribution >= 0.6 is 0 Å². The number of hydrogen-bond donors (Lipinski definition) is 1. The summed E-state index contributed by atoms with van der Waals surface area (Å²) in [5.41, 5.74) is 1.18. The van der Waals surface area contributed by atoms with Gasteiger partial charge in [0.2, 0.25) is 5.91 Å². The van der Waals surface area contributed by atoms with E-state index in [1.165, 1.54) is 5.56 Å². The molecule has 0 aliphatic carbocycles. The smallest absolute Gasteiger partial charge is 0.234 e. The zero-order valence-corrected chi connectivity index (χ0v) is 13.0. The highest BCUT2D eigenvalue weighted by Gasteiger charge is 2.28. The predicted molar refractivity (Wildman–Crippen MR) is 80.6 cm³/mol. The lowest BCUT2D eigenvalue weighted by atomic mass is 10.2. The van der Waals surface area contributed by atoms with Crippen molar-refractivity contribution in [1.82, 2.24) is 15.2 Å². The lowest BCUT2D eigenvalue weighted by Gasteiger charge is -2.18. The molecule has 1 aromatic rings. The second kappa shape index (κ2) is 7.00. The van der Waals surface area contributed by atoms with Crippen molar-refractivity contribution in [2.45, 2.75) is 18.9 Å². The summed E-state index contributed by atoms with van der Waals surface area (Å²) in [6.07, 6.45) is 4.88. The van der Waals surface area contributed by atoms with E-state index in [-0.39, 0.29) is 30.0 Å². The first kappa shape index (κ1) is 15.9. The highest BCUT2D eigenvalue weighted by Crippen LogP contribution is 2.11. The van der Waals surface area contributed by atoms with Gasteiger partial charge in [0.15, 0.2) is 9.84 Å². The zero-order valence-electron chi connectivity index (χ0n) is 12.2. The summed E-state index contributed by atoms with van der Waals surface area (Å²) in [7, 11) is -1.07. The van der Waals surface area contributed by atoms with E-state index in [1.807, 2.05) is 24.1 Å². The summed E-state index contributed by atoms with van der Waals surface area (Å²) in [6.45, 7) is 1.04. The Morgan fingerprint density at radius 3 is 2.76 bits per heavy atom. The number of likely N-dealkylation sites (N-methyl/N-ethyl adjacent to an activating group) is 1. The molecule has 0 saturated carbocycles. The van der Waals surface area contributed by atoms with Gasteiger partial charge >= 0.3 is 0 Å². The van der Waals surface area contributed by atoms with Gasteiger partial charge < -0.3 is 5.32 Å². The molecule has 0 aromatic carbocycles. The Hall–Kier alpha value is -1.47. The Labute approximate surface area is 125 Å². The largest absolute Gasteiger partial charge is 0.351 e. The molecular weight excluding hydrogens is 290 g/mol. The van der Waals surface area contributed by atoms with Gasteiger partial charge in [-0.2, -0.15) is 0 Å². The number of sulfone groups is 1. The minimum absolute atomic E-state index is 0.0689. The summed E-state index contributed by atoms with van der Waals surface area (Å²) in [4.78, 5) is 17.8. The third kappa shape index (κ3) is 5.43. The van der Waals surface area contributed by atoms with Gasteiger partial charge in [-0.1, -0.05) is 0 Å². The van der Waals surface area contributed by atoms with Crippen LogP contribution in [0.4, 0.5) is 0 Å². The summed E-state index contributed by atoms with van der Waals surface area (Å²) in [5, 5.41) is 2.79. The maximum Gasteiger partial charge on any atom is 0.234 e. The van der Waals surface area contributed by atoms with Crippen molar-refractivity contribution in [3.63, 3.8) is 0 Å². The summed E-state index contributed by atoms with van der Waals surface area (Å²) >= 11 is 0. The van der Waals surface area contributed by atoms with Crippen molar-refractivity contribution in [2.24, 2.45) is 0 Å². The number of nitrogens with one attached hydrogen (secondary N) is 1. The Kier molecular flexibility index (Phi) is 5.30. The van der Waals surface area contributed by atoms with Crippen LogP contribution in [0.2, 0.25) is 0 Å². The minimum atomic E-state index is -2.95. The fraction of sp³-hybridized carbons (Fsp3) is 0.571. The second-order valence-electron chi connectivity index (χ2n) is 5.51. The van der Waals surface area contributed by atoms with E-state index in [1.54, 1.807) is 12.4 Å². The van der Waals surface area contributed by atoms with E-state index in [4.69, 9.17) is 0 Å². The molecule has 1 N–H and O–H groups in total. The van der Waals surface area contributed by atoms with Crippen LogP contribution in [-0.4, -0.2) is 61.9 Å². The first-order valence-electron chi connectivity index (χ1n) is 7.02. The van der Waals surface area contributed by atoms with E-state index in [0.717, 1.165) is 13.0 Å². The molecule has 2 heterocycles. The van der Waals surface area contributed by atoms with Crippen molar-refractivity contribution >= 4 is 15.7 Å². The van der Waals surface area contributed by atoms with Gasteiger partial charge in [0.1, 0.15) is 0 Å². The number of amides is 1. The minimum Gasteiger partial charge on any atom is -0.351 e. The van der Waals surface area contributed by atoms with Crippen molar-refractivity contribution in [2.75, 3.05) is 31.6 Å². The number of aromatic nitrogens is 1. The van der Waals surface area contributed by atoms with E-state index in [9.17, 15) is 13.2 Å². The molecule has 1 fully saturated rings. The van der Waals surface area contributed by atoms with Gasteiger partial charge in [0.25, 0.3) is 0 Å². The molecule has 1 aliphatic heterocycles. The molecular formula is C14H21N3O3S. The molecule has 1 saturated heterocycles. The van der Waals surface area contributed by atoms with Crippen molar-refractivity contribution < 1.29 is 13.2 Å². The maximum atomic E-state index is 11.9. The van der Waals surface area contributed by atoms with Crippen LogP contribution in [0.15, 0.2) is 24.5 Å². The number of carbonyl (C=O) groups excluding carboxylic acids is 1. The predicted octanol–water partition coefficient (Wildman–Crippen LogP) is -0.141. The third-order valence-corrected chi connectivity index (χ3v) is 5.31. The highest BCUT2D eigenvalue weighted by molar-refractivity contribution is 7.91. The lowest BCUT2D eigenvalue weighted by molar-refractivity contribution is -0.122. The summed E-state index contributed by atoms with van der Waals surface area (Å²) in [6, 6.07) is 3.69. The highest BCUT2D eigenvalue weighted by atomic mass is 32.2. The topological polar surface area (TPSA) is 79.4 Å². The molecule has 1 unspecified atom stereocenters. The molecule has 116 valence electrons. The first-order valence-corrected chi connectivity index (χ1v) is 8.84. The SMILES string of the molecule is CN(CCc1ccncc1)CC(=O)NC1CCS(=O)(=O)C1. The second-order valence-corrected chi connectivity index (χ2v) is 7.74. The molecule has 1 aliphatic rings. The van der Waals surface area contributed by atoms with Gasteiger partial charge in [-0.3, -0.25) is 14.7 Å². The van der Waals surface area contributed by atoms with Crippen LogP contribution in [0.5, 0.6) is 0 Å². The Morgan fingerprint density at radius 1 is 1.43 bits per heavy atom. The molecule has 21 heavy (non-hydrogen) atoms. The zero-order chi connectivity index (χ0) is 15.3. The fourth-order valence-corrected chi connectivity index (χ4v) is 4.05. The standard InChI is InChI=1S/C14H21N3O3S/c1-17(8-4-12-2-6-15-7-3-12)10-14(18)16-13-5-9-21(19,20)11-13/h2-3,6-7,13H,4-5,8-11H2,1H3,(H,16,18). The van der Waals surface area contributed by atoms with E-state index >= 15 is 0 Å². The van der Waals surface area contributed by atoms with Crippen LogP contribution in [0.3, 0.4) is 0 Å². The molecule has 1 aromatic heterocycles. The average molecular weight is 311 g/mol. The van der Waals surface area contributed by atoms with Gasteiger partial charge in [-0.25, -0.2) is 8.42 Å². The number of pyridine rings is 1. The van der Waals surface area contributed by atoms with Crippen LogP contribution in [0.1, 0.15) is 12.0 Å². The van der Waals surface area contributed by atoms with Crippen molar-refractivity contribution in [1.29, 1.82) is 0 Å². The maximum absolute atomic E-state index is 11.9. The van der Waals surface area contributed by atoms with Gasteiger partial charge in [-0.05, 0) is 37.6 Å². The quantitative estimate of drug-likeness (QED) is 0.791. The Morgan fingerprint density at radius 2 is 2.14 bits per heavy atom. The molecule has 1 atom stereocenters. The molecule has 6 nitrogen and oxygen atoms in total. The lowest BCUT2D eigenvalue weighted by Crippen LogP contribution is -2.42. The van der Waals surface area contributed by atoms with Gasteiger partial charge in [0, 0.05) is 25.0 Å². The first-order chi connectivity index (χ1) is 9.94. The molecule has 0 spiro atoms. The summed E-state index contributed by atoms with van der Waals surface area (Å²) in [5.74, 6) is 0.129. The molecule has 2 rings (SSSR count). The summed E-state index contributed by atoms with van der Waals surface area (Å²) < 4.78 is 22.7. The van der Waals surface area contributed by atoms with Gasteiger partial charge in [-0.15, -0.1) is 0 Å². The normalized spacial score (nSPS) is 20.6. The van der Waals surface area contributed by atoms with Crippen LogP contribution < -0.4 is 5.32 Å². The number of rotatable bonds is 6. The average Bonchev–Trinajstić information content (AvgIpc) is 2.76. The Balaban J connectivity index is 1.70. The Bertz CT molecular complexity index is 574. The monoisotopic (exact) mass is 311 g/mol. The number of hydrogen-bond acceptors (Lipinski definition) is 5. The fourth-order valence-electron chi connectivity index (χ4n) is 2.38. The van der Waals surface area contributed by atoms with E-state index in [2.05, 4.69) is 10.3 Å². The molecule has 1 amide bonds.